The lowest BCUT2D eigenvalue weighted by atomic mass is 9.71. The molecule has 1 fully saturated rings. The van der Waals surface area contributed by atoms with Crippen molar-refractivity contribution in [1.29, 1.82) is 5.26 Å². The molecule has 5 atom stereocenters. The zero-order valence-electron chi connectivity index (χ0n) is 27.2. The number of nitriles is 1. The number of hydrogen-bond donors (Lipinski definition) is 1. The Morgan fingerprint density at radius 2 is 1.73 bits per heavy atom. The van der Waals surface area contributed by atoms with E-state index in [1.807, 2.05) is 20.0 Å². The van der Waals surface area contributed by atoms with Crippen LogP contribution in [0.2, 0.25) is 0 Å². The number of fused-ring (bicyclic) bond motifs is 10. The third kappa shape index (κ3) is 3.98. The van der Waals surface area contributed by atoms with E-state index < -0.39 is 42.0 Å². The van der Waals surface area contributed by atoms with Crippen LogP contribution in [0.3, 0.4) is 0 Å². The molecule has 2 unspecified atom stereocenters. The lowest BCUT2D eigenvalue weighted by Crippen LogP contribution is -2.68. The van der Waals surface area contributed by atoms with Gasteiger partial charge in [0, 0.05) is 47.8 Å². The van der Waals surface area contributed by atoms with E-state index in [0.29, 0.717) is 69.2 Å². The van der Waals surface area contributed by atoms with Gasteiger partial charge < -0.3 is 24.1 Å². The molecule has 1 saturated heterocycles. The Morgan fingerprint density at radius 1 is 1.04 bits per heavy atom. The monoisotopic (exact) mass is 650 g/mol. The van der Waals surface area contributed by atoms with Crippen molar-refractivity contribution in [3.05, 3.63) is 74.8 Å². The number of carbonyl (C=O) groups excluding carboxylic acids is 3. The minimum Gasteiger partial charge on any atom is -0.504 e. The number of hydrogen-bond acceptors (Lipinski definition) is 11. The first-order valence-electron chi connectivity index (χ1n) is 15.9. The van der Waals surface area contributed by atoms with Crippen molar-refractivity contribution in [3.63, 3.8) is 0 Å². The first-order chi connectivity index (χ1) is 23.1. The van der Waals surface area contributed by atoms with E-state index in [0.717, 1.165) is 11.1 Å². The molecular formula is C36H34N4O8. The zero-order valence-corrected chi connectivity index (χ0v) is 27.2. The first-order valence-corrected chi connectivity index (χ1v) is 15.9. The molecule has 12 nitrogen and oxygen atoms in total. The SMILES string of the molecule is COc1c(C)cc2c(c1O)C1C3Cc4c(OC(C)=O)c(C)c5c(c4[C@H](CN4C(=O)c6ccccc6C4=O)N3[C@@H](C#N)[C@H](C2)N1C)OCO5. The fraction of sp³-hybridized carbons (Fsp3) is 0.389. The molecule has 0 aromatic heterocycles. The molecule has 0 spiro atoms. The molecule has 0 radical (unpaired) electrons. The van der Waals surface area contributed by atoms with Crippen LogP contribution in [0.1, 0.15) is 73.1 Å². The van der Waals surface area contributed by atoms with Gasteiger partial charge in [0.15, 0.2) is 23.0 Å². The quantitative estimate of drug-likeness (QED) is 0.251. The van der Waals surface area contributed by atoms with Gasteiger partial charge in [-0.3, -0.25) is 29.1 Å². The van der Waals surface area contributed by atoms with Crippen LogP contribution in [-0.4, -0.2) is 83.2 Å². The van der Waals surface area contributed by atoms with Gasteiger partial charge in [-0.25, -0.2) is 0 Å². The Balaban J connectivity index is 1.38. The van der Waals surface area contributed by atoms with Crippen LogP contribution in [0.5, 0.6) is 28.7 Å². The predicted molar refractivity (Wildman–Crippen MR) is 169 cm³/mol. The van der Waals surface area contributed by atoms with Crippen LogP contribution in [0, 0.1) is 25.2 Å². The molecule has 2 bridgehead atoms. The maximum Gasteiger partial charge on any atom is 0.308 e. The average Bonchev–Trinajstić information content (AvgIpc) is 3.64. The lowest BCUT2D eigenvalue weighted by Gasteiger charge is -2.60. The maximum atomic E-state index is 13.8. The van der Waals surface area contributed by atoms with E-state index in [-0.39, 0.29) is 25.1 Å². The summed E-state index contributed by atoms with van der Waals surface area (Å²) in [7, 11) is 3.48. The summed E-state index contributed by atoms with van der Waals surface area (Å²) in [6.45, 7) is 4.86. The molecule has 0 aliphatic carbocycles. The van der Waals surface area contributed by atoms with E-state index in [1.54, 1.807) is 31.2 Å². The molecule has 5 aliphatic rings. The lowest BCUT2D eigenvalue weighted by molar-refractivity contribution is -0.132. The number of benzene rings is 3. The number of phenolic OH excluding ortho intramolecular Hbond substituents is 1. The molecule has 3 aromatic rings. The summed E-state index contributed by atoms with van der Waals surface area (Å²) < 4.78 is 23.6. The summed E-state index contributed by atoms with van der Waals surface area (Å²) in [5.74, 6) is 0.250. The topological polar surface area (TPSA) is 142 Å². The van der Waals surface area contributed by atoms with Crippen LogP contribution >= 0.6 is 0 Å². The molecule has 5 heterocycles. The highest BCUT2D eigenvalue weighted by Crippen LogP contribution is 2.58. The number of aryl methyl sites for hydroxylation is 1. The van der Waals surface area contributed by atoms with Gasteiger partial charge in [0.2, 0.25) is 6.79 Å². The van der Waals surface area contributed by atoms with Gasteiger partial charge in [-0.1, -0.05) is 18.2 Å². The normalized spacial score (nSPS) is 25.2. The van der Waals surface area contributed by atoms with Gasteiger partial charge in [0.25, 0.3) is 11.8 Å². The van der Waals surface area contributed by atoms with Crippen molar-refractivity contribution < 1.29 is 38.4 Å². The Bertz CT molecular complexity index is 1970. The largest absolute Gasteiger partial charge is 0.504 e. The van der Waals surface area contributed by atoms with Crippen molar-refractivity contribution in [1.82, 2.24) is 14.7 Å². The third-order valence-electron chi connectivity index (χ3n) is 10.7. The summed E-state index contributed by atoms with van der Waals surface area (Å²) in [5.41, 5.74) is 4.94. The third-order valence-corrected chi connectivity index (χ3v) is 10.7. The van der Waals surface area contributed by atoms with Gasteiger partial charge in [-0.05, 0) is 57.0 Å². The van der Waals surface area contributed by atoms with Crippen molar-refractivity contribution in [2.45, 2.75) is 63.8 Å². The van der Waals surface area contributed by atoms with Gasteiger partial charge in [0.1, 0.15) is 11.8 Å². The molecule has 3 aromatic carbocycles. The van der Waals surface area contributed by atoms with Crippen LogP contribution in [0.4, 0.5) is 0 Å². The number of ether oxygens (including phenoxy) is 4. The van der Waals surface area contributed by atoms with E-state index >= 15 is 0 Å². The number of imide groups is 1. The molecular weight excluding hydrogens is 616 g/mol. The summed E-state index contributed by atoms with van der Waals surface area (Å²) in [5, 5.41) is 22.6. The Hall–Kier alpha value is -5.12. The fourth-order valence-corrected chi connectivity index (χ4v) is 8.87. The minimum absolute atomic E-state index is 0.0444. The number of esters is 1. The fourth-order valence-electron chi connectivity index (χ4n) is 8.87. The Kier molecular flexibility index (Phi) is 6.74. The van der Waals surface area contributed by atoms with E-state index in [4.69, 9.17) is 18.9 Å². The standard InChI is InChI=1S/C36H34N4O8/c1-16-10-19-11-23-25(13-37)40-24(29(38(23)4)27(19)30(42)31(16)45-5)12-22-28(34-33(46-15-47-34)17(2)32(22)48-18(3)41)26(40)14-39-35(43)20-8-6-7-9-21(20)36(39)44/h6-10,23-26,29,42H,11-12,14-15H2,1-5H3/t23-,24?,25-,26-,29?/m0/s1. The number of phenols is 1. The van der Waals surface area contributed by atoms with Gasteiger partial charge in [-0.15, -0.1) is 0 Å². The van der Waals surface area contributed by atoms with E-state index in [2.05, 4.69) is 15.9 Å². The summed E-state index contributed by atoms with van der Waals surface area (Å²) in [6.07, 6.45) is 0.794. The van der Waals surface area contributed by atoms with Crippen LogP contribution in [0.25, 0.3) is 0 Å². The predicted octanol–water partition coefficient (Wildman–Crippen LogP) is 3.74. The number of rotatable bonds is 4. The van der Waals surface area contributed by atoms with Crippen molar-refractivity contribution in [2.24, 2.45) is 0 Å². The molecule has 1 N–H and O–H groups in total. The van der Waals surface area contributed by atoms with Crippen molar-refractivity contribution in [2.75, 3.05) is 27.5 Å². The summed E-state index contributed by atoms with van der Waals surface area (Å²) in [4.78, 5) is 45.6. The molecule has 12 heteroatoms. The maximum absolute atomic E-state index is 13.8. The van der Waals surface area contributed by atoms with Gasteiger partial charge in [0.05, 0.1) is 36.4 Å². The second kappa shape index (κ2) is 10.7. The number of piperazine rings is 1. The zero-order chi connectivity index (χ0) is 33.8. The Morgan fingerprint density at radius 3 is 2.38 bits per heavy atom. The van der Waals surface area contributed by atoms with E-state index in [1.165, 1.54) is 18.9 Å². The number of amides is 2. The number of likely N-dealkylation sites (N-methyl/N-ethyl adjacent to an activating group) is 1. The second-order valence-electron chi connectivity index (χ2n) is 13.1. The number of methoxy groups -OCH3 is 1. The molecule has 246 valence electrons. The summed E-state index contributed by atoms with van der Waals surface area (Å²) >= 11 is 0. The number of carbonyl (C=O) groups is 3. The molecule has 5 aliphatic heterocycles. The Labute approximate surface area is 276 Å². The number of aromatic hydroxyl groups is 1. The first kappa shape index (κ1) is 30.2. The van der Waals surface area contributed by atoms with E-state index in [9.17, 15) is 24.8 Å². The molecule has 0 saturated carbocycles. The second-order valence-corrected chi connectivity index (χ2v) is 13.1. The van der Waals surface area contributed by atoms with Crippen LogP contribution < -0.4 is 18.9 Å². The highest BCUT2D eigenvalue weighted by Gasteiger charge is 2.57. The minimum atomic E-state index is -0.745. The van der Waals surface area contributed by atoms with Crippen molar-refractivity contribution in [3.8, 4) is 34.8 Å². The number of nitrogens with zero attached hydrogens (tertiary/aromatic N) is 4. The van der Waals surface area contributed by atoms with Gasteiger partial charge in [-0.2, -0.15) is 5.26 Å². The average molecular weight is 651 g/mol. The molecule has 48 heavy (non-hydrogen) atoms. The summed E-state index contributed by atoms with van der Waals surface area (Å²) in [6, 6.07) is 8.71. The smallest absolute Gasteiger partial charge is 0.308 e. The van der Waals surface area contributed by atoms with Crippen LogP contribution in [-0.2, 0) is 17.6 Å². The van der Waals surface area contributed by atoms with Crippen LogP contribution in [0.15, 0.2) is 30.3 Å². The van der Waals surface area contributed by atoms with Gasteiger partial charge >= 0.3 is 5.97 Å². The highest BCUT2D eigenvalue weighted by atomic mass is 16.7. The highest BCUT2D eigenvalue weighted by molar-refractivity contribution is 6.21. The molecule has 2 amide bonds. The molecule has 8 rings (SSSR count). The van der Waals surface area contributed by atoms with Crippen molar-refractivity contribution >= 4 is 17.8 Å².